The number of hydrogen-bond donors (Lipinski definition) is 2. The second kappa shape index (κ2) is 6.03. The van der Waals surface area contributed by atoms with Gasteiger partial charge in [-0.15, -0.1) is 0 Å². The average molecular weight is 239 g/mol. The summed E-state index contributed by atoms with van der Waals surface area (Å²) in [6, 6.07) is 18.2. The molecule has 0 fully saturated rings. The third-order valence-electron chi connectivity index (χ3n) is 2.82. The Morgan fingerprint density at radius 3 is 2.28 bits per heavy atom. The zero-order valence-electron chi connectivity index (χ0n) is 10.3. The molecule has 0 saturated heterocycles. The van der Waals surface area contributed by atoms with Crippen LogP contribution in [0, 0.1) is 0 Å². The molecule has 2 heteroatoms. The Morgan fingerprint density at radius 1 is 1.00 bits per heavy atom. The van der Waals surface area contributed by atoms with Crippen molar-refractivity contribution in [3.8, 4) is 0 Å². The van der Waals surface area contributed by atoms with Crippen molar-refractivity contribution in [3.05, 3.63) is 72.3 Å². The number of aliphatic hydroxyl groups excluding tert-OH is 1. The quantitative estimate of drug-likeness (QED) is 0.839. The van der Waals surface area contributed by atoms with E-state index in [1.165, 1.54) is 5.56 Å². The van der Waals surface area contributed by atoms with Crippen molar-refractivity contribution >= 4 is 11.3 Å². The van der Waals surface area contributed by atoms with Gasteiger partial charge in [0.2, 0.25) is 0 Å². The molecule has 0 aliphatic rings. The highest BCUT2D eigenvalue weighted by Gasteiger charge is 1.98. The van der Waals surface area contributed by atoms with Crippen molar-refractivity contribution in [3.63, 3.8) is 0 Å². The molecule has 18 heavy (non-hydrogen) atoms. The van der Waals surface area contributed by atoms with Crippen molar-refractivity contribution in [2.24, 2.45) is 0 Å². The zero-order valence-corrected chi connectivity index (χ0v) is 10.3. The molecule has 2 aromatic carbocycles. The van der Waals surface area contributed by atoms with E-state index in [4.69, 9.17) is 5.11 Å². The smallest absolute Gasteiger partial charge is 0.0681 e. The summed E-state index contributed by atoms with van der Waals surface area (Å²) in [7, 11) is 0. The van der Waals surface area contributed by atoms with Gasteiger partial charge in [0.05, 0.1) is 6.61 Å². The van der Waals surface area contributed by atoms with Crippen LogP contribution < -0.4 is 5.32 Å². The summed E-state index contributed by atoms with van der Waals surface area (Å²) in [5.41, 5.74) is 4.05. The summed E-state index contributed by atoms with van der Waals surface area (Å²) in [5.74, 6) is 0. The number of nitrogens with one attached hydrogen (secondary N) is 1. The van der Waals surface area contributed by atoms with Crippen molar-refractivity contribution in [2.45, 2.75) is 6.54 Å². The Hall–Kier alpha value is -2.06. The fourth-order valence-corrected chi connectivity index (χ4v) is 1.71. The second-order valence-corrected chi connectivity index (χ2v) is 4.18. The number of anilines is 1. The SMILES string of the molecule is C=C(CO)c1ccc(CNc2ccccc2)cc1. The minimum atomic E-state index is 0.00160. The maximum Gasteiger partial charge on any atom is 0.0681 e. The first-order valence-electron chi connectivity index (χ1n) is 5.96. The predicted molar refractivity (Wildman–Crippen MR) is 76.3 cm³/mol. The first-order valence-corrected chi connectivity index (χ1v) is 5.96. The Balaban J connectivity index is 1.97. The molecule has 0 saturated carbocycles. The topological polar surface area (TPSA) is 32.3 Å². The highest BCUT2D eigenvalue weighted by Crippen LogP contribution is 2.14. The Kier molecular flexibility index (Phi) is 4.15. The van der Waals surface area contributed by atoms with E-state index in [0.717, 1.165) is 23.4 Å². The Morgan fingerprint density at radius 2 is 1.67 bits per heavy atom. The largest absolute Gasteiger partial charge is 0.392 e. The van der Waals surface area contributed by atoms with Crippen LogP contribution in [0.15, 0.2) is 61.2 Å². The summed E-state index contributed by atoms with van der Waals surface area (Å²) in [4.78, 5) is 0. The minimum Gasteiger partial charge on any atom is -0.392 e. The van der Waals surface area contributed by atoms with E-state index < -0.39 is 0 Å². The fourth-order valence-electron chi connectivity index (χ4n) is 1.71. The van der Waals surface area contributed by atoms with Crippen LogP contribution in [0.3, 0.4) is 0 Å². The van der Waals surface area contributed by atoms with E-state index in [2.05, 4.69) is 11.9 Å². The summed E-state index contributed by atoms with van der Waals surface area (Å²) in [6.07, 6.45) is 0. The molecule has 0 heterocycles. The van der Waals surface area contributed by atoms with Crippen molar-refractivity contribution in [1.29, 1.82) is 0 Å². The van der Waals surface area contributed by atoms with Crippen LogP contribution >= 0.6 is 0 Å². The van der Waals surface area contributed by atoms with Crippen LogP contribution in [-0.4, -0.2) is 11.7 Å². The molecule has 0 spiro atoms. The lowest BCUT2D eigenvalue weighted by Gasteiger charge is -2.07. The van der Waals surface area contributed by atoms with E-state index >= 15 is 0 Å². The first-order chi connectivity index (χ1) is 8.79. The molecule has 0 unspecified atom stereocenters. The Bertz CT molecular complexity index is 502. The Labute approximate surface area is 108 Å². The van der Waals surface area contributed by atoms with E-state index in [0.29, 0.717) is 0 Å². The van der Waals surface area contributed by atoms with E-state index in [1.807, 2.05) is 54.6 Å². The van der Waals surface area contributed by atoms with Gasteiger partial charge in [-0.05, 0) is 28.8 Å². The van der Waals surface area contributed by atoms with E-state index in [1.54, 1.807) is 0 Å². The third kappa shape index (κ3) is 3.22. The molecule has 2 N–H and O–H groups in total. The maximum absolute atomic E-state index is 9.00. The highest BCUT2D eigenvalue weighted by molar-refractivity contribution is 5.64. The molecule has 2 nitrogen and oxygen atoms in total. The highest BCUT2D eigenvalue weighted by atomic mass is 16.3. The van der Waals surface area contributed by atoms with Crippen LogP contribution in [0.5, 0.6) is 0 Å². The van der Waals surface area contributed by atoms with Gasteiger partial charge in [-0.2, -0.15) is 0 Å². The average Bonchev–Trinajstić information content (AvgIpc) is 2.46. The van der Waals surface area contributed by atoms with Gasteiger partial charge in [0.15, 0.2) is 0 Å². The van der Waals surface area contributed by atoms with Gasteiger partial charge < -0.3 is 10.4 Å². The number of benzene rings is 2. The van der Waals surface area contributed by atoms with Crippen LogP contribution in [-0.2, 0) is 6.54 Å². The fraction of sp³-hybridized carbons (Fsp3) is 0.125. The number of rotatable bonds is 5. The van der Waals surface area contributed by atoms with Crippen molar-refractivity contribution in [1.82, 2.24) is 0 Å². The lowest BCUT2D eigenvalue weighted by Crippen LogP contribution is -1.99. The molecule has 0 aliphatic heterocycles. The predicted octanol–water partition coefficient (Wildman–Crippen LogP) is 3.30. The summed E-state index contributed by atoms with van der Waals surface area (Å²) in [5, 5.41) is 12.3. The number of aliphatic hydroxyl groups is 1. The summed E-state index contributed by atoms with van der Waals surface area (Å²) >= 11 is 0. The molecule has 0 amide bonds. The molecular formula is C16H17NO. The van der Waals surface area contributed by atoms with Gasteiger partial charge in [-0.1, -0.05) is 49.0 Å². The van der Waals surface area contributed by atoms with Gasteiger partial charge in [-0.3, -0.25) is 0 Å². The van der Waals surface area contributed by atoms with Crippen LogP contribution in [0.25, 0.3) is 5.57 Å². The minimum absolute atomic E-state index is 0.00160. The number of hydrogen-bond acceptors (Lipinski definition) is 2. The monoisotopic (exact) mass is 239 g/mol. The standard InChI is InChI=1S/C16H17NO/c1-13(12-18)15-9-7-14(8-10-15)11-17-16-5-3-2-4-6-16/h2-10,17-18H,1,11-12H2. The second-order valence-electron chi connectivity index (χ2n) is 4.18. The van der Waals surface area contributed by atoms with Crippen LogP contribution in [0.2, 0.25) is 0 Å². The molecule has 0 bridgehead atoms. The molecule has 0 aliphatic carbocycles. The van der Waals surface area contributed by atoms with Crippen LogP contribution in [0.1, 0.15) is 11.1 Å². The molecule has 2 aromatic rings. The molecule has 0 aromatic heterocycles. The van der Waals surface area contributed by atoms with Crippen molar-refractivity contribution < 1.29 is 5.11 Å². The molecule has 0 atom stereocenters. The lowest BCUT2D eigenvalue weighted by molar-refractivity contribution is 0.350. The van der Waals surface area contributed by atoms with Crippen LogP contribution in [0.4, 0.5) is 5.69 Å². The zero-order chi connectivity index (χ0) is 12.8. The molecular weight excluding hydrogens is 222 g/mol. The molecule has 92 valence electrons. The molecule has 2 rings (SSSR count). The number of para-hydroxylation sites is 1. The van der Waals surface area contributed by atoms with E-state index in [-0.39, 0.29) is 6.61 Å². The third-order valence-corrected chi connectivity index (χ3v) is 2.82. The van der Waals surface area contributed by atoms with Gasteiger partial charge in [-0.25, -0.2) is 0 Å². The normalized spacial score (nSPS) is 10.1. The van der Waals surface area contributed by atoms with E-state index in [9.17, 15) is 0 Å². The van der Waals surface area contributed by atoms with Gasteiger partial charge in [0.1, 0.15) is 0 Å². The molecule has 0 radical (unpaired) electrons. The summed E-state index contributed by atoms with van der Waals surface area (Å²) < 4.78 is 0. The summed E-state index contributed by atoms with van der Waals surface area (Å²) in [6.45, 7) is 4.59. The first kappa shape index (κ1) is 12.4. The lowest BCUT2D eigenvalue weighted by atomic mass is 10.1. The van der Waals surface area contributed by atoms with Gasteiger partial charge in [0.25, 0.3) is 0 Å². The van der Waals surface area contributed by atoms with Crippen molar-refractivity contribution in [2.75, 3.05) is 11.9 Å². The maximum atomic E-state index is 9.00. The van der Waals surface area contributed by atoms with Gasteiger partial charge in [0, 0.05) is 12.2 Å². The van der Waals surface area contributed by atoms with Gasteiger partial charge >= 0.3 is 0 Å².